The number of nitrogens with one attached hydrogen (secondary N) is 3. The molecule has 262 valence electrons. The number of rotatable bonds is 12. The largest absolute Gasteiger partial charge is 0.381 e. The van der Waals surface area contributed by atoms with Crippen molar-refractivity contribution in [1.82, 2.24) is 25.8 Å². The van der Waals surface area contributed by atoms with Crippen molar-refractivity contribution in [3.8, 4) is 0 Å². The fourth-order valence-corrected chi connectivity index (χ4v) is 7.31. The second-order valence-electron chi connectivity index (χ2n) is 13.6. The van der Waals surface area contributed by atoms with E-state index in [2.05, 4.69) is 20.9 Å². The summed E-state index contributed by atoms with van der Waals surface area (Å²) < 4.78 is -0.632. The summed E-state index contributed by atoms with van der Waals surface area (Å²) >= 11 is 1.45. The molecule has 0 radical (unpaired) electrons. The second-order valence-corrected chi connectivity index (χ2v) is 15.2. The average molecular weight is 696 g/mol. The fraction of sp³-hybridized carbons (Fsp3) is 0.359. The lowest BCUT2D eigenvalue weighted by Gasteiger charge is -2.34. The molecular formula is C39H45N5O5S. The summed E-state index contributed by atoms with van der Waals surface area (Å²) in [6.45, 7) is 9.68. The number of pyridine rings is 1. The number of para-hydroxylation sites is 1. The van der Waals surface area contributed by atoms with Crippen LogP contribution in [0.3, 0.4) is 0 Å². The van der Waals surface area contributed by atoms with Crippen molar-refractivity contribution >= 4 is 46.3 Å². The topological polar surface area (TPSA) is 141 Å². The van der Waals surface area contributed by atoms with Crippen molar-refractivity contribution in [1.29, 1.82) is 0 Å². The predicted octanol–water partition coefficient (Wildman–Crippen LogP) is 4.38. The Morgan fingerprint density at radius 3 is 2.32 bits per heavy atom. The summed E-state index contributed by atoms with van der Waals surface area (Å²) in [4.78, 5) is 60.8. The highest BCUT2D eigenvalue weighted by Crippen LogP contribution is 2.40. The van der Waals surface area contributed by atoms with Gasteiger partial charge < -0.3 is 26.0 Å². The van der Waals surface area contributed by atoms with Gasteiger partial charge in [-0.2, -0.15) is 0 Å². The molecule has 0 spiro atoms. The molecule has 11 heteroatoms. The number of aromatic nitrogens is 1. The molecule has 4 amide bonds. The molecule has 0 saturated carbocycles. The number of thioether (sulfide) groups is 1. The van der Waals surface area contributed by atoms with E-state index < -0.39 is 46.7 Å². The van der Waals surface area contributed by atoms with E-state index in [4.69, 9.17) is 0 Å². The second kappa shape index (κ2) is 15.9. The number of carbonyl (C=O) groups excluding carboxylic acids is 4. The number of nitrogens with zero attached hydrogens (tertiary/aromatic N) is 2. The van der Waals surface area contributed by atoms with E-state index >= 15 is 0 Å². The van der Waals surface area contributed by atoms with Crippen LogP contribution < -0.4 is 16.0 Å². The van der Waals surface area contributed by atoms with Crippen LogP contribution in [0.2, 0.25) is 0 Å². The Labute approximate surface area is 297 Å². The van der Waals surface area contributed by atoms with Crippen molar-refractivity contribution in [2.45, 2.75) is 76.6 Å². The SMILES string of the molecule is Cc1ccccc1CNC(=O)[C@H]1N(C(=O)[C@@H](O)[C@H](Cc2ccccc2)NC(=O)[C@@H](NC(=O)c2ccc3ccccc3n2)C(C)C)CSC1(C)C. The summed E-state index contributed by atoms with van der Waals surface area (Å²) in [6, 6.07) is 24.9. The van der Waals surface area contributed by atoms with Crippen LogP contribution in [0.25, 0.3) is 10.9 Å². The fourth-order valence-electron chi connectivity index (χ4n) is 6.17. The van der Waals surface area contributed by atoms with Crippen molar-refractivity contribution in [3.63, 3.8) is 0 Å². The number of carbonyl (C=O) groups is 4. The highest BCUT2D eigenvalue weighted by atomic mass is 32.2. The minimum atomic E-state index is -1.68. The lowest BCUT2D eigenvalue weighted by Crippen LogP contribution is -2.60. The Hall–Kier alpha value is -4.74. The number of aliphatic hydroxyl groups excluding tert-OH is 1. The molecule has 1 aromatic heterocycles. The molecule has 0 aliphatic carbocycles. The van der Waals surface area contributed by atoms with E-state index in [0.717, 1.165) is 22.1 Å². The van der Waals surface area contributed by atoms with Gasteiger partial charge in [-0.25, -0.2) is 4.98 Å². The first-order valence-corrected chi connectivity index (χ1v) is 17.8. The summed E-state index contributed by atoms with van der Waals surface area (Å²) in [5, 5.41) is 21.3. The van der Waals surface area contributed by atoms with E-state index in [1.165, 1.54) is 16.7 Å². The van der Waals surface area contributed by atoms with Crippen LogP contribution in [0.15, 0.2) is 91.0 Å². The lowest BCUT2D eigenvalue weighted by molar-refractivity contribution is -0.148. The Kier molecular flexibility index (Phi) is 11.6. The summed E-state index contributed by atoms with van der Waals surface area (Å²) in [5.74, 6) is -2.19. The molecule has 1 fully saturated rings. The number of benzene rings is 3. The first-order chi connectivity index (χ1) is 23.9. The molecule has 4 N–H and O–H groups in total. The number of aliphatic hydroxyl groups is 1. The number of hydrogen-bond donors (Lipinski definition) is 4. The maximum absolute atomic E-state index is 14.1. The van der Waals surface area contributed by atoms with Gasteiger partial charge in [-0.1, -0.05) is 92.7 Å². The van der Waals surface area contributed by atoms with E-state index in [1.807, 2.05) is 99.6 Å². The van der Waals surface area contributed by atoms with Crippen molar-refractivity contribution < 1.29 is 24.3 Å². The zero-order valence-corrected chi connectivity index (χ0v) is 29.9. The van der Waals surface area contributed by atoms with E-state index in [0.29, 0.717) is 12.1 Å². The number of aryl methyl sites for hydroxylation is 1. The van der Waals surface area contributed by atoms with Gasteiger partial charge in [0.25, 0.3) is 11.8 Å². The Morgan fingerprint density at radius 1 is 0.920 bits per heavy atom. The molecule has 0 unspecified atom stereocenters. The van der Waals surface area contributed by atoms with E-state index in [-0.39, 0.29) is 29.8 Å². The first-order valence-electron chi connectivity index (χ1n) is 16.8. The van der Waals surface area contributed by atoms with E-state index in [1.54, 1.807) is 26.0 Å². The highest BCUT2D eigenvalue weighted by Gasteiger charge is 2.50. The normalized spacial score (nSPS) is 17.2. The van der Waals surface area contributed by atoms with Gasteiger partial charge in [0.2, 0.25) is 11.8 Å². The quantitative estimate of drug-likeness (QED) is 0.173. The van der Waals surface area contributed by atoms with Crippen LogP contribution >= 0.6 is 11.8 Å². The standard InChI is InChI=1S/C39H45N5O5S/c1-24(2)32(43-35(46)30-20-19-27-16-11-12-18-29(27)41-30)36(47)42-31(21-26-14-7-6-8-15-26)33(45)38(49)44-23-50-39(4,5)34(44)37(48)40-22-28-17-10-9-13-25(28)3/h6-20,24,31-34,45H,21-23H2,1-5H3,(H,40,48)(H,42,47)(H,43,46)/t31-,32-,33-,34+/m0/s1. The summed E-state index contributed by atoms with van der Waals surface area (Å²) in [5.41, 5.74) is 3.62. The molecule has 1 saturated heterocycles. The number of amides is 4. The molecule has 1 aliphatic rings. The molecule has 4 atom stereocenters. The van der Waals surface area contributed by atoms with Crippen molar-refractivity contribution in [3.05, 3.63) is 113 Å². The lowest BCUT2D eigenvalue weighted by atomic mass is 9.96. The van der Waals surface area contributed by atoms with Gasteiger partial charge >= 0.3 is 0 Å². The number of hydrogen-bond acceptors (Lipinski definition) is 7. The monoisotopic (exact) mass is 695 g/mol. The van der Waals surface area contributed by atoms with Gasteiger partial charge in [-0.3, -0.25) is 19.2 Å². The average Bonchev–Trinajstić information content (AvgIpc) is 3.43. The van der Waals surface area contributed by atoms with Crippen LogP contribution in [0.4, 0.5) is 0 Å². The summed E-state index contributed by atoms with van der Waals surface area (Å²) in [6.07, 6.45) is -1.54. The van der Waals surface area contributed by atoms with Gasteiger partial charge in [-0.15, -0.1) is 11.8 Å². The van der Waals surface area contributed by atoms with Crippen LogP contribution in [-0.2, 0) is 27.3 Å². The third-order valence-electron chi connectivity index (χ3n) is 9.12. The maximum Gasteiger partial charge on any atom is 0.270 e. The van der Waals surface area contributed by atoms with Gasteiger partial charge in [0, 0.05) is 16.7 Å². The summed E-state index contributed by atoms with van der Waals surface area (Å²) in [7, 11) is 0. The number of fused-ring (bicyclic) bond motifs is 1. The third-order valence-corrected chi connectivity index (χ3v) is 10.5. The molecule has 4 aromatic rings. The molecule has 0 bridgehead atoms. The smallest absolute Gasteiger partial charge is 0.270 e. The molecule has 10 nitrogen and oxygen atoms in total. The highest BCUT2D eigenvalue weighted by molar-refractivity contribution is 8.00. The molecular weight excluding hydrogens is 651 g/mol. The minimum absolute atomic E-state index is 0.138. The van der Waals surface area contributed by atoms with Crippen LogP contribution in [0.1, 0.15) is 54.9 Å². The third kappa shape index (κ3) is 8.51. The van der Waals surface area contributed by atoms with Crippen LogP contribution in [0.5, 0.6) is 0 Å². The predicted molar refractivity (Wildman–Crippen MR) is 196 cm³/mol. The van der Waals surface area contributed by atoms with Crippen molar-refractivity contribution in [2.75, 3.05) is 5.88 Å². The van der Waals surface area contributed by atoms with Crippen molar-refractivity contribution in [2.24, 2.45) is 5.92 Å². The molecule has 2 heterocycles. The van der Waals surface area contributed by atoms with Gasteiger partial charge in [0.15, 0.2) is 6.10 Å². The Morgan fingerprint density at radius 2 is 1.60 bits per heavy atom. The zero-order valence-electron chi connectivity index (χ0n) is 29.1. The van der Waals surface area contributed by atoms with Gasteiger partial charge in [0.1, 0.15) is 17.8 Å². The minimum Gasteiger partial charge on any atom is -0.381 e. The maximum atomic E-state index is 14.1. The molecule has 50 heavy (non-hydrogen) atoms. The van der Waals surface area contributed by atoms with Crippen LogP contribution in [0, 0.1) is 12.8 Å². The Balaban J connectivity index is 1.34. The Bertz CT molecular complexity index is 1850. The first kappa shape index (κ1) is 36.5. The molecule has 1 aliphatic heterocycles. The van der Waals surface area contributed by atoms with Crippen LogP contribution in [-0.4, -0.2) is 73.5 Å². The van der Waals surface area contributed by atoms with E-state index in [9.17, 15) is 24.3 Å². The van der Waals surface area contributed by atoms with Gasteiger partial charge in [-0.05, 0) is 61.9 Å². The zero-order chi connectivity index (χ0) is 36.0. The van der Waals surface area contributed by atoms with Gasteiger partial charge in [0.05, 0.1) is 17.4 Å². The molecule has 5 rings (SSSR count). The molecule has 3 aromatic carbocycles.